The molecule has 8 heteroatoms. The molecule has 0 saturated carbocycles. The van der Waals surface area contributed by atoms with Gasteiger partial charge in [-0.15, -0.1) is 10.2 Å². The predicted octanol–water partition coefficient (Wildman–Crippen LogP) is 5.65. The van der Waals surface area contributed by atoms with Gasteiger partial charge < -0.3 is 18.8 Å². The van der Waals surface area contributed by atoms with Crippen LogP contribution in [0.3, 0.4) is 0 Å². The molecule has 3 aromatic carbocycles. The van der Waals surface area contributed by atoms with Crippen LogP contribution in [0, 0.1) is 6.92 Å². The highest BCUT2D eigenvalue weighted by Crippen LogP contribution is 2.34. The number of benzene rings is 3. The lowest BCUT2D eigenvalue weighted by molar-refractivity contribution is -0.116. The number of rotatable bonds is 8. The van der Waals surface area contributed by atoms with Crippen LogP contribution in [0.25, 0.3) is 17.5 Å². The van der Waals surface area contributed by atoms with Crippen LogP contribution in [-0.4, -0.2) is 41.6 Å². The molecule has 0 spiro atoms. The van der Waals surface area contributed by atoms with E-state index in [1.807, 2.05) is 91.9 Å². The van der Waals surface area contributed by atoms with Crippen LogP contribution in [0.2, 0.25) is 0 Å². The van der Waals surface area contributed by atoms with Crippen LogP contribution in [0.5, 0.6) is 11.5 Å². The number of anilines is 1. The maximum atomic E-state index is 13.4. The number of ether oxygens (including phenoxy) is 2. The van der Waals surface area contributed by atoms with Crippen LogP contribution < -0.4 is 14.4 Å². The fourth-order valence-corrected chi connectivity index (χ4v) is 4.44. The molecule has 1 aliphatic heterocycles. The van der Waals surface area contributed by atoms with Gasteiger partial charge in [-0.2, -0.15) is 0 Å². The average Bonchev–Trinajstić information content (AvgIpc) is 3.39. The van der Waals surface area contributed by atoms with Gasteiger partial charge in [-0.25, -0.2) is 0 Å². The van der Waals surface area contributed by atoms with Gasteiger partial charge in [-0.05, 0) is 36.2 Å². The van der Waals surface area contributed by atoms with Gasteiger partial charge in [-0.3, -0.25) is 4.79 Å². The van der Waals surface area contributed by atoms with Crippen LogP contribution in [-0.2, 0) is 4.79 Å². The molecule has 0 unspecified atom stereocenters. The standard InChI is InChI=1S/C28H25N3O4S/c1-20-8-5-6-12-23(20)27-29-30-28(35-27)36-19-26(32)31(15-7-11-21-9-3-2-4-10-21)22-13-14-24-25(18-22)34-17-16-33-24/h2-14,18H,15-17,19H2,1H3/b11-7+. The van der Waals surface area contributed by atoms with Crippen molar-refractivity contribution in [3.05, 3.63) is 90.0 Å². The molecular formula is C28H25N3O4S. The van der Waals surface area contributed by atoms with Gasteiger partial charge in [0.25, 0.3) is 5.22 Å². The van der Waals surface area contributed by atoms with Crippen LogP contribution >= 0.6 is 11.8 Å². The number of thioether (sulfide) groups is 1. The summed E-state index contributed by atoms with van der Waals surface area (Å²) in [6.45, 7) is 3.38. The molecule has 0 saturated heterocycles. The molecule has 182 valence electrons. The normalized spacial score (nSPS) is 12.6. The fraction of sp³-hybridized carbons (Fsp3) is 0.179. The van der Waals surface area contributed by atoms with E-state index in [-0.39, 0.29) is 11.7 Å². The number of carbonyl (C=O) groups is 1. The lowest BCUT2D eigenvalue weighted by Gasteiger charge is -2.24. The minimum atomic E-state index is -0.0926. The first kappa shape index (κ1) is 23.7. The number of carbonyl (C=O) groups excluding carboxylic acids is 1. The molecule has 0 radical (unpaired) electrons. The summed E-state index contributed by atoms with van der Waals surface area (Å²) in [6.07, 6.45) is 3.97. The van der Waals surface area contributed by atoms with Crippen molar-refractivity contribution in [3.8, 4) is 23.0 Å². The smallest absolute Gasteiger partial charge is 0.277 e. The molecule has 1 amide bonds. The summed E-state index contributed by atoms with van der Waals surface area (Å²) in [5, 5.41) is 8.63. The Morgan fingerprint density at radius 1 is 0.972 bits per heavy atom. The van der Waals surface area contributed by atoms with Crippen LogP contribution in [0.1, 0.15) is 11.1 Å². The Hall–Kier alpha value is -4.04. The second kappa shape index (κ2) is 11.1. The molecule has 1 aliphatic rings. The maximum absolute atomic E-state index is 13.4. The molecule has 2 heterocycles. The molecule has 36 heavy (non-hydrogen) atoms. The minimum Gasteiger partial charge on any atom is -0.486 e. The van der Waals surface area contributed by atoms with Crippen molar-refractivity contribution in [1.82, 2.24) is 10.2 Å². The van der Waals surface area contributed by atoms with Crippen molar-refractivity contribution < 1.29 is 18.7 Å². The number of fused-ring (bicyclic) bond motifs is 1. The number of amides is 1. The van der Waals surface area contributed by atoms with Gasteiger partial charge in [0.1, 0.15) is 13.2 Å². The second-order valence-electron chi connectivity index (χ2n) is 8.12. The van der Waals surface area contributed by atoms with Gasteiger partial charge in [0, 0.05) is 23.9 Å². The van der Waals surface area contributed by atoms with Crippen LogP contribution in [0.4, 0.5) is 5.69 Å². The highest BCUT2D eigenvalue weighted by Gasteiger charge is 2.20. The third kappa shape index (κ3) is 5.60. The Labute approximate surface area is 213 Å². The second-order valence-corrected chi connectivity index (χ2v) is 9.05. The van der Waals surface area contributed by atoms with E-state index in [0.717, 1.165) is 22.4 Å². The fourth-order valence-electron chi connectivity index (χ4n) is 3.80. The number of hydrogen-bond donors (Lipinski definition) is 0. The third-order valence-corrected chi connectivity index (χ3v) is 6.44. The van der Waals surface area contributed by atoms with Gasteiger partial charge in [-0.1, -0.05) is 72.4 Å². The van der Waals surface area contributed by atoms with E-state index in [1.54, 1.807) is 4.90 Å². The summed E-state index contributed by atoms with van der Waals surface area (Å²) >= 11 is 1.22. The van der Waals surface area contributed by atoms with E-state index >= 15 is 0 Å². The lowest BCUT2D eigenvalue weighted by atomic mass is 10.1. The molecule has 5 rings (SSSR count). The number of aryl methyl sites for hydroxylation is 1. The Morgan fingerprint density at radius 2 is 1.75 bits per heavy atom. The first-order chi connectivity index (χ1) is 17.7. The lowest BCUT2D eigenvalue weighted by Crippen LogP contribution is -2.32. The van der Waals surface area contributed by atoms with E-state index in [0.29, 0.717) is 42.4 Å². The van der Waals surface area contributed by atoms with Gasteiger partial charge in [0.2, 0.25) is 11.8 Å². The van der Waals surface area contributed by atoms with E-state index in [4.69, 9.17) is 13.9 Å². The summed E-state index contributed by atoms with van der Waals surface area (Å²) < 4.78 is 17.2. The molecule has 7 nitrogen and oxygen atoms in total. The average molecular weight is 500 g/mol. The Kier molecular flexibility index (Phi) is 7.33. The summed E-state index contributed by atoms with van der Waals surface area (Å²) in [5.74, 6) is 1.81. The van der Waals surface area contributed by atoms with Crippen molar-refractivity contribution in [3.63, 3.8) is 0 Å². The number of nitrogens with zero attached hydrogens (tertiary/aromatic N) is 3. The monoisotopic (exact) mass is 499 g/mol. The predicted molar refractivity (Wildman–Crippen MR) is 140 cm³/mol. The van der Waals surface area contributed by atoms with Gasteiger partial charge >= 0.3 is 0 Å². The first-order valence-corrected chi connectivity index (χ1v) is 12.6. The van der Waals surface area contributed by atoms with Crippen molar-refractivity contribution in [2.24, 2.45) is 0 Å². The quantitative estimate of drug-likeness (QED) is 0.290. The van der Waals surface area contributed by atoms with E-state index in [2.05, 4.69) is 10.2 Å². The van der Waals surface area contributed by atoms with Crippen molar-refractivity contribution >= 4 is 29.4 Å². The Morgan fingerprint density at radius 3 is 2.58 bits per heavy atom. The topological polar surface area (TPSA) is 77.7 Å². The molecule has 0 N–H and O–H groups in total. The van der Waals surface area contributed by atoms with Crippen molar-refractivity contribution in [2.45, 2.75) is 12.1 Å². The highest BCUT2D eigenvalue weighted by atomic mass is 32.2. The summed E-state index contributed by atoms with van der Waals surface area (Å²) in [7, 11) is 0. The molecule has 4 aromatic rings. The van der Waals surface area contributed by atoms with E-state index < -0.39 is 0 Å². The molecule has 0 atom stereocenters. The maximum Gasteiger partial charge on any atom is 0.277 e. The number of aromatic nitrogens is 2. The zero-order valence-corrected chi connectivity index (χ0v) is 20.6. The summed E-state index contributed by atoms with van der Waals surface area (Å²) in [4.78, 5) is 15.1. The minimum absolute atomic E-state index is 0.0926. The zero-order chi connectivity index (χ0) is 24.7. The van der Waals surface area contributed by atoms with Gasteiger partial charge in [0.05, 0.1) is 5.75 Å². The van der Waals surface area contributed by atoms with Gasteiger partial charge in [0.15, 0.2) is 11.5 Å². The van der Waals surface area contributed by atoms with E-state index in [9.17, 15) is 4.79 Å². The Bertz CT molecular complexity index is 1370. The molecule has 0 fully saturated rings. The summed E-state index contributed by atoms with van der Waals surface area (Å²) in [5.41, 5.74) is 3.72. The molecule has 1 aromatic heterocycles. The Balaban J connectivity index is 1.32. The van der Waals surface area contributed by atoms with E-state index in [1.165, 1.54) is 11.8 Å². The number of hydrogen-bond acceptors (Lipinski definition) is 7. The third-order valence-electron chi connectivity index (χ3n) is 5.64. The molecular weight excluding hydrogens is 474 g/mol. The SMILES string of the molecule is Cc1ccccc1-c1nnc(SCC(=O)N(C/C=C/c2ccccc2)c2ccc3c(c2)OCCO3)o1. The summed E-state index contributed by atoms with van der Waals surface area (Å²) in [6, 6.07) is 23.3. The molecule has 0 aliphatic carbocycles. The first-order valence-electron chi connectivity index (χ1n) is 11.6. The molecule has 0 bridgehead atoms. The largest absolute Gasteiger partial charge is 0.486 e. The van der Waals surface area contributed by atoms with Crippen molar-refractivity contribution in [2.75, 3.05) is 30.4 Å². The van der Waals surface area contributed by atoms with Crippen molar-refractivity contribution in [1.29, 1.82) is 0 Å². The highest BCUT2D eigenvalue weighted by molar-refractivity contribution is 7.99. The zero-order valence-electron chi connectivity index (χ0n) is 19.8. The van der Waals surface area contributed by atoms with Crippen LogP contribution in [0.15, 0.2) is 88.5 Å².